The lowest BCUT2D eigenvalue weighted by Gasteiger charge is -2.53. The molecule has 0 radical (unpaired) electrons. The first-order chi connectivity index (χ1) is 25.8. The smallest absolute Gasteiger partial charge is 0.265 e. The zero-order chi connectivity index (χ0) is 36.5. The number of hydrogen-bond acceptors (Lipinski definition) is 9. The van der Waals surface area contributed by atoms with Crippen LogP contribution in [0.15, 0.2) is 79.4 Å². The van der Waals surface area contributed by atoms with E-state index in [2.05, 4.69) is 20.2 Å². The highest BCUT2D eigenvalue weighted by molar-refractivity contribution is 7.17. The molecule has 2 fully saturated rings. The van der Waals surface area contributed by atoms with Gasteiger partial charge in [-0.1, -0.05) is 12.1 Å². The third kappa shape index (κ3) is 7.11. The first kappa shape index (κ1) is 34.8. The molecule has 270 valence electrons. The second-order valence-corrected chi connectivity index (χ2v) is 15.6. The van der Waals surface area contributed by atoms with Crippen molar-refractivity contribution >= 4 is 46.1 Å². The monoisotopic (exact) mass is 726 g/mol. The van der Waals surface area contributed by atoms with Gasteiger partial charge >= 0.3 is 0 Å². The molecule has 53 heavy (non-hydrogen) atoms. The molecule has 3 aliphatic rings. The molecule has 3 aliphatic heterocycles. The van der Waals surface area contributed by atoms with Crippen LogP contribution in [0.4, 0.5) is 17.2 Å². The minimum Gasteiger partial charge on any atom is -0.381 e. The minimum atomic E-state index is -0.181. The van der Waals surface area contributed by atoms with Gasteiger partial charge in [-0.25, -0.2) is 4.98 Å². The molecule has 1 aromatic carbocycles. The van der Waals surface area contributed by atoms with Crippen LogP contribution in [0, 0.1) is 19.3 Å². The molecule has 7 heterocycles. The molecule has 8 rings (SSSR count). The van der Waals surface area contributed by atoms with E-state index in [4.69, 9.17) is 9.72 Å². The van der Waals surface area contributed by atoms with E-state index >= 15 is 0 Å². The lowest BCUT2D eigenvalue weighted by atomic mass is 9.73. The van der Waals surface area contributed by atoms with Gasteiger partial charge in [0.1, 0.15) is 11.5 Å². The van der Waals surface area contributed by atoms with Crippen molar-refractivity contribution in [1.29, 1.82) is 0 Å². The maximum atomic E-state index is 14.0. The normalized spacial score (nSPS) is 16.0. The Morgan fingerprint density at radius 3 is 2.57 bits per heavy atom. The highest BCUT2D eigenvalue weighted by Crippen LogP contribution is 2.43. The highest BCUT2D eigenvalue weighted by atomic mass is 32.1. The number of hydrogen-bond donors (Lipinski definition) is 1. The quantitative estimate of drug-likeness (QED) is 0.155. The van der Waals surface area contributed by atoms with E-state index in [9.17, 15) is 14.4 Å². The fourth-order valence-electron chi connectivity index (χ4n) is 7.69. The summed E-state index contributed by atoms with van der Waals surface area (Å²) in [4.78, 5) is 59.7. The highest BCUT2D eigenvalue weighted by Gasteiger charge is 2.45. The average molecular weight is 727 g/mol. The van der Waals surface area contributed by atoms with Crippen LogP contribution >= 0.6 is 11.3 Å². The molecule has 0 saturated carbocycles. The Morgan fingerprint density at radius 1 is 0.962 bits per heavy atom. The minimum absolute atomic E-state index is 0.102. The molecular formula is C42H42N6O4S. The summed E-state index contributed by atoms with van der Waals surface area (Å²) in [5.74, 6) is 0.645. The molecule has 2 saturated heterocycles. The van der Waals surface area contributed by atoms with Gasteiger partial charge in [0, 0.05) is 80.7 Å². The van der Waals surface area contributed by atoms with Gasteiger partial charge in [-0.15, -0.1) is 11.3 Å². The Bertz CT molecular complexity index is 2180. The van der Waals surface area contributed by atoms with Crippen LogP contribution in [-0.2, 0) is 17.6 Å². The molecule has 4 aromatic heterocycles. The second kappa shape index (κ2) is 14.6. The number of aryl methyl sites for hydroxylation is 3. The zero-order valence-electron chi connectivity index (χ0n) is 30.1. The van der Waals surface area contributed by atoms with E-state index in [1.54, 1.807) is 29.6 Å². The van der Waals surface area contributed by atoms with Gasteiger partial charge in [-0.3, -0.25) is 24.4 Å². The summed E-state index contributed by atoms with van der Waals surface area (Å²) in [5.41, 5.74) is 7.70. The van der Waals surface area contributed by atoms with Crippen molar-refractivity contribution in [2.45, 2.75) is 52.4 Å². The standard InChI is InChI=1S/C42H42N6O4S/c1-27-21-32(39(45-23-27)47-25-42(26-47)14-19-52-20-15-42)35(49)7-3-5-29-8-10-30(11-9-29)41(51)48-18-13-31-22-36(40(50)46-33-12-17-43-24-28(33)2)53-38(31)37-34(48)6-4-16-44-37/h4,6,8-12,16-17,21-24H,3,5,7,13-15,18-20,25-26H2,1-2H3,(H,43,46,50). The molecule has 0 bridgehead atoms. The van der Waals surface area contributed by atoms with Crippen molar-refractivity contribution in [3.8, 4) is 10.6 Å². The van der Waals surface area contributed by atoms with Gasteiger partial charge in [0.05, 0.1) is 21.0 Å². The molecule has 0 atom stereocenters. The number of aromatic nitrogens is 3. The molecule has 11 heteroatoms. The number of amides is 2. The lowest BCUT2D eigenvalue weighted by molar-refractivity contribution is -0.000516. The van der Waals surface area contributed by atoms with E-state index in [1.165, 1.54) is 11.3 Å². The fraction of sp³-hybridized carbons (Fsp3) is 0.333. The Labute approximate surface area is 313 Å². The summed E-state index contributed by atoms with van der Waals surface area (Å²) in [7, 11) is 0. The summed E-state index contributed by atoms with van der Waals surface area (Å²) in [6, 6.07) is 17.2. The van der Waals surface area contributed by atoms with E-state index in [0.717, 1.165) is 89.9 Å². The maximum Gasteiger partial charge on any atom is 0.265 e. The van der Waals surface area contributed by atoms with E-state index in [-0.39, 0.29) is 17.6 Å². The summed E-state index contributed by atoms with van der Waals surface area (Å²) in [6.45, 7) is 7.83. The number of pyridine rings is 3. The van der Waals surface area contributed by atoms with E-state index in [1.807, 2.05) is 68.6 Å². The Balaban J connectivity index is 0.907. The number of carbonyl (C=O) groups excluding carboxylic acids is 3. The number of thiophene rings is 1. The van der Waals surface area contributed by atoms with Gasteiger partial charge in [0.25, 0.3) is 11.8 Å². The largest absolute Gasteiger partial charge is 0.381 e. The zero-order valence-corrected chi connectivity index (χ0v) is 30.9. The number of benzene rings is 1. The van der Waals surface area contributed by atoms with Crippen molar-refractivity contribution in [2.24, 2.45) is 5.41 Å². The Hall–Kier alpha value is -5.26. The third-order valence-electron chi connectivity index (χ3n) is 10.7. The van der Waals surface area contributed by atoms with Crippen LogP contribution in [0.5, 0.6) is 0 Å². The van der Waals surface area contributed by atoms with Crippen LogP contribution in [0.1, 0.15) is 78.3 Å². The number of fused-ring (bicyclic) bond motifs is 3. The molecule has 1 spiro atoms. The van der Waals surface area contributed by atoms with Gasteiger partial charge in [0.2, 0.25) is 0 Å². The molecule has 0 unspecified atom stereocenters. The first-order valence-corrected chi connectivity index (χ1v) is 19.1. The number of Topliss-reactive ketones (excluding diaryl/α,β-unsaturated/α-hetero) is 1. The Morgan fingerprint density at radius 2 is 1.77 bits per heavy atom. The molecule has 0 aliphatic carbocycles. The summed E-state index contributed by atoms with van der Waals surface area (Å²) >= 11 is 1.39. The number of ketones is 1. The number of rotatable bonds is 9. The first-order valence-electron chi connectivity index (χ1n) is 18.3. The van der Waals surface area contributed by atoms with Crippen molar-refractivity contribution in [1.82, 2.24) is 15.0 Å². The van der Waals surface area contributed by atoms with Crippen molar-refractivity contribution in [2.75, 3.05) is 48.0 Å². The number of ether oxygens (including phenoxy) is 1. The van der Waals surface area contributed by atoms with Gasteiger partial charge < -0.3 is 19.9 Å². The molecule has 2 amide bonds. The van der Waals surface area contributed by atoms with Gasteiger partial charge in [-0.05, 0) is 111 Å². The fourth-order valence-corrected chi connectivity index (χ4v) is 8.80. The summed E-state index contributed by atoms with van der Waals surface area (Å²) in [5, 5.41) is 3.00. The third-order valence-corrected chi connectivity index (χ3v) is 11.9. The average Bonchev–Trinajstić information content (AvgIpc) is 3.53. The summed E-state index contributed by atoms with van der Waals surface area (Å²) in [6.07, 6.45) is 11.5. The summed E-state index contributed by atoms with van der Waals surface area (Å²) < 4.78 is 5.58. The van der Waals surface area contributed by atoms with Crippen LogP contribution in [0.2, 0.25) is 0 Å². The van der Waals surface area contributed by atoms with E-state index in [0.29, 0.717) is 52.9 Å². The topological polar surface area (TPSA) is 118 Å². The van der Waals surface area contributed by atoms with Crippen molar-refractivity contribution in [3.05, 3.63) is 118 Å². The van der Waals surface area contributed by atoms with Gasteiger partial charge in [0.15, 0.2) is 5.78 Å². The molecule has 10 nitrogen and oxygen atoms in total. The van der Waals surface area contributed by atoms with Crippen LogP contribution in [0.3, 0.4) is 0 Å². The molecular weight excluding hydrogens is 685 g/mol. The SMILES string of the molecule is Cc1cnc(N2CC3(CCOCC3)C2)c(C(=O)CCCc2ccc(C(=O)N3CCc4cc(C(=O)Nc5ccncc5C)sc4-c4ncccc43)cc2)c1. The van der Waals surface area contributed by atoms with Crippen molar-refractivity contribution < 1.29 is 19.1 Å². The van der Waals surface area contributed by atoms with E-state index < -0.39 is 0 Å². The lowest BCUT2D eigenvalue weighted by Crippen LogP contribution is -2.59. The van der Waals surface area contributed by atoms with Crippen LogP contribution in [-0.4, -0.2) is 65.4 Å². The predicted molar refractivity (Wildman–Crippen MR) is 207 cm³/mol. The second-order valence-electron chi connectivity index (χ2n) is 14.5. The van der Waals surface area contributed by atoms with Crippen molar-refractivity contribution in [3.63, 3.8) is 0 Å². The molecule has 5 aromatic rings. The Kier molecular flexibility index (Phi) is 9.61. The number of anilines is 3. The number of nitrogens with zero attached hydrogens (tertiary/aromatic N) is 5. The molecule has 1 N–H and O–H groups in total. The number of carbonyl (C=O) groups is 3. The van der Waals surface area contributed by atoms with Crippen LogP contribution in [0.25, 0.3) is 10.6 Å². The predicted octanol–water partition coefficient (Wildman–Crippen LogP) is 7.49. The maximum absolute atomic E-state index is 14.0. The number of nitrogens with one attached hydrogen (secondary N) is 1. The van der Waals surface area contributed by atoms with Gasteiger partial charge in [-0.2, -0.15) is 0 Å². The van der Waals surface area contributed by atoms with Crippen LogP contribution < -0.4 is 15.1 Å².